The molecule has 0 amide bonds. The first kappa shape index (κ1) is 15.5. The minimum absolute atomic E-state index is 0.180. The summed E-state index contributed by atoms with van der Waals surface area (Å²) in [6, 6.07) is 3.89. The van der Waals surface area contributed by atoms with Crippen LogP contribution in [-0.2, 0) is 9.47 Å². The molecular weight excluding hydrogens is 304 g/mol. The molecule has 1 spiro atoms. The Labute approximate surface area is 141 Å². The van der Waals surface area contributed by atoms with Crippen molar-refractivity contribution in [3.05, 3.63) is 35.8 Å². The molecule has 2 saturated heterocycles. The predicted octanol–water partition coefficient (Wildman–Crippen LogP) is 2.15. The third kappa shape index (κ3) is 2.76. The van der Waals surface area contributed by atoms with E-state index in [9.17, 15) is 0 Å². The molecule has 4 heterocycles. The zero-order valence-electron chi connectivity index (χ0n) is 14.2. The Bertz CT molecular complexity index is 729. The van der Waals surface area contributed by atoms with Crippen LogP contribution in [0.4, 0.5) is 5.82 Å². The molecular formula is C18H22N4O2. The van der Waals surface area contributed by atoms with Crippen molar-refractivity contribution in [1.29, 1.82) is 0 Å². The SMILES string of the molecule is Cc1nc(-c2ccncc2)nc(N2CCOC3(CCOC3)C2)c1C. The maximum atomic E-state index is 6.04. The highest BCUT2D eigenvalue weighted by atomic mass is 16.6. The average Bonchev–Trinajstić information content (AvgIpc) is 3.05. The van der Waals surface area contributed by atoms with Gasteiger partial charge >= 0.3 is 0 Å². The van der Waals surface area contributed by atoms with Gasteiger partial charge < -0.3 is 14.4 Å². The van der Waals surface area contributed by atoms with Gasteiger partial charge in [0.25, 0.3) is 0 Å². The standard InChI is InChI=1S/C18H22N4O2/c1-13-14(2)20-16(15-3-6-19-7-4-15)21-17(13)22-8-10-24-18(11-22)5-9-23-12-18/h3-4,6-7H,5,8-12H2,1-2H3. The molecule has 6 heteroatoms. The molecule has 1 unspecified atom stereocenters. The number of aromatic nitrogens is 3. The van der Waals surface area contributed by atoms with Gasteiger partial charge in [-0.25, -0.2) is 9.97 Å². The first-order valence-corrected chi connectivity index (χ1v) is 8.39. The first-order chi connectivity index (χ1) is 11.7. The number of hydrogen-bond acceptors (Lipinski definition) is 6. The number of morpholine rings is 1. The van der Waals surface area contributed by atoms with E-state index in [0.717, 1.165) is 54.6 Å². The van der Waals surface area contributed by atoms with Crippen molar-refractivity contribution in [3.8, 4) is 11.4 Å². The Balaban J connectivity index is 1.70. The van der Waals surface area contributed by atoms with Crippen LogP contribution in [0.3, 0.4) is 0 Å². The second-order valence-electron chi connectivity index (χ2n) is 6.57. The Morgan fingerprint density at radius 3 is 2.71 bits per heavy atom. The number of aryl methyl sites for hydroxylation is 1. The second-order valence-corrected chi connectivity index (χ2v) is 6.57. The van der Waals surface area contributed by atoms with E-state index in [1.54, 1.807) is 12.4 Å². The van der Waals surface area contributed by atoms with Gasteiger partial charge in [0.15, 0.2) is 5.82 Å². The summed E-state index contributed by atoms with van der Waals surface area (Å²) in [5.41, 5.74) is 2.95. The highest BCUT2D eigenvalue weighted by Crippen LogP contribution is 2.32. The predicted molar refractivity (Wildman–Crippen MR) is 91.1 cm³/mol. The summed E-state index contributed by atoms with van der Waals surface area (Å²) in [5, 5.41) is 0. The Morgan fingerprint density at radius 1 is 1.12 bits per heavy atom. The largest absolute Gasteiger partial charge is 0.378 e. The molecule has 0 radical (unpaired) electrons. The molecule has 2 aromatic rings. The Morgan fingerprint density at radius 2 is 1.96 bits per heavy atom. The summed E-state index contributed by atoms with van der Waals surface area (Å²) in [5.74, 6) is 1.75. The van der Waals surface area contributed by atoms with Crippen LogP contribution in [-0.4, -0.2) is 53.5 Å². The molecule has 2 aliphatic heterocycles. The van der Waals surface area contributed by atoms with Crippen LogP contribution in [0, 0.1) is 13.8 Å². The van der Waals surface area contributed by atoms with Crippen LogP contribution >= 0.6 is 0 Å². The number of ether oxygens (including phenoxy) is 2. The molecule has 4 rings (SSSR count). The fourth-order valence-corrected chi connectivity index (χ4v) is 3.40. The fraction of sp³-hybridized carbons (Fsp3) is 0.500. The topological polar surface area (TPSA) is 60.4 Å². The van der Waals surface area contributed by atoms with Crippen LogP contribution in [0.25, 0.3) is 11.4 Å². The van der Waals surface area contributed by atoms with E-state index in [4.69, 9.17) is 14.5 Å². The number of pyridine rings is 1. The quantitative estimate of drug-likeness (QED) is 0.843. The molecule has 24 heavy (non-hydrogen) atoms. The third-order valence-electron chi connectivity index (χ3n) is 4.92. The summed E-state index contributed by atoms with van der Waals surface area (Å²) < 4.78 is 11.6. The average molecular weight is 326 g/mol. The normalized spacial score (nSPS) is 23.8. The van der Waals surface area contributed by atoms with Gasteiger partial charge in [-0.1, -0.05) is 0 Å². The molecule has 0 N–H and O–H groups in total. The van der Waals surface area contributed by atoms with Crippen molar-refractivity contribution in [3.63, 3.8) is 0 Å². The van der Waals surface area contributed by atoms with E-state index in [1.165, 1.54) is 0 Å². The van der Waals surface area contributed by atoms with E-state index in [1.807, 2.05) is 19.1 Å². The summed E-state index contributed by atoms with van der Waals surface area (Å²) in [6.45, 7) is 7.95. The fourth-order valence-electron chi connectivity index (χ4n) is 3.40. The zero-order valence-corrected chi connectivity index (χ0v) is 14.2. The Kier molecular flexibility index (Phi) is 3.94. The zero-order chi connectivity index (χ0) is 16.6. The van der Waals surface area contributed by atoms with E-state index < -0.39 is 0 Å². The van der Waals surface area contributed by atoms with Gasteiger partial charge in [0, 0.05) is 48.8 Å². The molecule has 126 valence electrons. The number of anilines is 1. The van der Waals surface area contributed by atoms with Crippen LogP contribution in [0.2, 0.25) is 0 Å². The van der Waals surface area contributed by atoms with Crippen LogP contribution in [0.1, 0.15) is 17.7 Å². The minimum atomic E-state index is -0.180. The molecule has 2 aromatic heterocycles. The van der Waals surface area contributed by atoms with E-state index in [2.05, 4.69) is 21.8 Å². The molecule has 2 fully saturated rings. The molecule has 0 bridgehead atoms. The lowest BCUT2D eigenvalue weighted by molar-refractivity contribution is -0.0581. The molecule has 0 aliphatic carbocycles. The first-order valence-electron chi connectivity index (χ1n) is 8.39. The molecule has 2 aliphatic rings. The van der Waals surface area contributed by atoms with Crippen LogP contribution in [0.15, 0.2) is 24.5 Å². The third-order valence-corrected chi connectivity index (χ3v) is 4.92. The van der Waals surface area contributed by atoms with Gasteiger partial charge in [-0.2, -0.15) is 0 Å². The van der Waals surface area contributed by atoms with Crippen molar-refractivity contribution in [2.24, 2.45) is 0 Å². The number of rotatable bonds is 2. The van der Waals surface area contributed by atoms with Gasteiger partial charge in [0.1, 0.15) is 11.4 Å². The number of nitrogens with zero attached hydrogens (tertiary/aromatic N) is 4. The van der Waals surface area contributed by atoms with Crippen molar-refractivity contribution >= 4 is 5.82 Å². The summed E-state index contributed by atoms with van der Waals surface area (Å²) in [6.07, 6.45) is 4.49. The lowest BCUT2D eigenvalue weighted by atomic mass is 10.0. The monoisotopic (exact) mass is 326 g/mol. The van der Waals surface area contributed by atoms with Gasteiger partial charge in [-0.05, 0) is 26.0 Å². The van der Waals surface area contributed by atoms with Crippen molar-refractivity contribution < 1.29 is 9.47 Å². The summed E-state index contributed by atoms with van der Waals surface area (Å²) in [4.78, 5) is 15.9. The molecule has 6 nitrogen and oxygen atoms in total. The van der Waals surface area contributed by atoms with E-state index in [0.29, 0.717) is 13.2 Å². The highest BCUT2D eigenvalue weighted by molar-refractivity contribution is 5.60. The smallest absolute Gasteiger partial charge is 0.161 e. The van der Waals surface area contributed by atoms with Crippen molar-refractivity contribution in [1.82, 2.24) is 15.0 Å². The summed E-state index contributed by atoms with van der Waals surface area (Å²) >= 11 is 0. The lowest BCUT2D eigenvalue weighted by Crippen LogP contribution is -2.53. The van der Waals surface area contributed by atoms with Crippen LogP contribution in [0.5, 0.6) is 0 Å². The maximum Gasteiger partial charge on any atom is 0.161 e. The van der Waals surface area contributed by atoms with Crippen molar-refractivity contribution in [2.45, 2.75) is 25.9 Å². The maximum absolute atomic E-state index is 6.04. The minimum Gasteiger partial charge on any atom is -0.378 e. The van der Waals surface area contributed by atoms with Gasteiger partial charge in [0.05, 0.1) is 19.8 Å². The lowest BCUT2D eigenvalue weighted by Gasteiger charge is -2.40. The molecule has 0 aromatic carbocycles. The van der Waals surface area contributed by atoms with Crippen LogP contribution < -0.4 is 4.90 Å². The van der Waals surface area contributed by atoms with Gasteiger partial charge in [-0.15, -0.1) is 0 Å². The Hall–Kier alpha value is -2.05. The van der Waals surface area contributed by atoms with Crippen molar-refractivity contribution in [2.75, 3.05) is 37.8 Å². The van der Waals surface area contributed by atoms with E-state index >= 15 is 0 Å². The molecule has 1 atom stereocenters. The molecule has 0 saturated carbocycles. The number of hydrogen-bond donors (Lipinski definition) is 0. The second kappa shape index (κ2) is 6.11. The highest BCUT2D eigenvalue weighted by Gasteiger charge is 2.41. The summed E-state index contributed by atoms with van der Waals surface area (Å²) in [7, 11) is 0. The van der Waals surface area contributed by atoms with Gasteiger partial charge in [-0.3, -0.25) is 4.98 Å². The van der Waals surface area contributed by atoms with E-state index in [-0.39, 0.29) is 5.60 Å². The van der Waals surface area contributed by atoms with Gasteiger partial charge in [0.2, 0.25) is 0 Å².